The van der Waals surface area contributed by atoms with Crippen LogP contribution in [0.4, 0.5) is 0 Å². The highest BCUT2D eigenvalue weighted by atomic mass is 32.2. The molecule has 2 aromatic carbocycles. The maximum absolute atomic E-state index is 12.5. The number of fused-ring (bicyclic) bond motifs is 1. The molecular formula is C20H21N3O2S. The van der Waals surface area contributed by atoms with E-state index in [9.17, 15) is 4.79 Å². The number of H-pyrrole nitrogens is 1. The fourth-order valence-corrected chi connectivity index (χ4v) is 3.85. The van der Waals surface area contributed by atoms with Crippen molar-refractivity contribution >= 4 is 28.7 Å². The van der Waals surface area contributed by atoms with Crippen LogP contribution in [0.1, 0.15) is 21.5 Å². The SMILES string of the molecule is Cc1ccc2nc(SCc3ccc(C(=O)N4CCOCC4)cc3)[nH]c2c1. The van der Waals surface area contributed by atoms with Crippen LogP contribution in [0.2, 0.25) is 0 Å². The predicted molar refractivity (Wildman–Crippen MR) is 104 cm³/mol. The zero-order chi connectivity index (χ0) is 17.9. The van der Waals surface area contributed by atoms with Gasteiger partial charge in [-0.15, -0.1) is 0 Å². The van der Waals surface area contributed by atoms with Crippen LogP contribution < -0.4 is 0 Å². The van der Waals surface area contributed by atoms with Crippen molar-refractivity contribution in [3.05, 3.63) is 59.2 Å². The third kappa shape index (κ3) is 3.76. The summed E-state index contributed by atoms with van der Waals surface area (Å²) in [6, 6.07) is 14.1. The Morgan fingerprint density at radius 3 is 2.73 bits per heavy atom. The normalized spacial score (nSPS) is 14.7. The van der Waals surface area contributed by atoms with E-state index in [1.54, 1.807) is 11.8 Å². The first-order chi connectivity index (χ1) is 12.7. The Hall–Kier alpha value is -2.31. The lowest BCUT2D eigenvalue weighted by Gasteiger charge is -2.26. The molecule has 1 aliphatic heterocycles. The summed E-state index contributed by atoms with van der Waals surface area (Å²) in [6.07, 6.45) is 0. The minimum absolute atomic E-state index is 0.0835. The van der Waals surface area contributed by atoms with E-state index in [2.05, 4.69) is 29.0 Å². The summed E-state index contributed by atoms with van der Waals surface area (Å²) in [5, 5.41) is 0.916. The van der Waals surface area contributed by atoms with Gasteiger partial charge in [0.25, 0.3) is 5.91 Å². The Labute approximate surface area is 156 Å². The van der Waals surface area contributed by atoms with E-state index in [0.29, 0.717) is 26.3 Å². The molecule has 1 saturated heterocycles. The van der Waals surface area contributed by atoms with E-state index in [-0.39, 0.29) is 5.91 Å². The third-order valence-corrected chi connectivity index (χ3v) is 5.43. The molecule has 1 N–H and O–H groups in total. The second-order valence-electron chi connectivity index (χ2n) is 6.45. The molecule has 1 aliphatic rings. The van der Waals surface area contributed by atoms with Crippen LogP contribution in [0.25, 0.3) is 11.0 Å². The number of aromatic amines is 1. The molecule has 0 spiro atoms. The van der Waals surface area contributed by atoms with E-state index in [4.69, 9.17) is 4.74 Å². The maximum Gasteiger partial charge on any atom is 0.254 e. The molecule has 134 valence electrons. The molecule has 0 atom stereocenters. The summed E-state index contributed by atoms with van der Waals surface area (Å²) in [7, 11) is 0. The maximum atomic E-state index is 12.5. The summed E-state index contributed by atoms with van der Waals surface area (Å²) in [5.41, 5.74) is 5.19. The van der Waals surface area contributed by atoms with E-state index >= 15 is 0 Å². The van der Waals surface area contributed by atoms with Gasteiger partial charge < -0.3 is 14.6 Å². The number of nitrogens with zero attached hydrogens (tertiary/aromatic N) is 2. The monoisotopic (exact) mass is 367 g/mol. The molecule has 1 amide bonds. The smallest absolute Gasteiger partial charge is 0.254 e. The number of aryl methyl sites for hydroxylation is 1. The predicted octanol–water partition coefficient (Wildman–Crippen LogP) is 3.64. The number of rotatable bonds is 4. The number of carbonyl (C=O) groups is 1. The first kappa shape index (κ1) is 17.1. The summed E-state index contributed by atoms with van der Waals surface area (Å²) in [6.45, 7) is 4.66. The zero-order valence-electron chi connectivity index (χ0n) is 14.7. The number of imidazole rings is 1. The van der Waals surface area contributed by atoms with Gasteiger partial charge in [0.2, 0.25) is 0 Å². The Bertz CT molecular complexity index is 914. The van der Waals surface area contributed by atoms with Gasteiger partial charge in [0, 0.05) is 24.4 Å². The number of aromatic nitrogens is 2. The molecule has 4 rings (SSSR count). The van der Waals surface area contributed by atoms with Crippen molar-refractivity contribution in [2.75, 3.05) is 26.3 Å². The average Bonchev–Trinajstić information content (AvgIpc) is 3.09. The average molecular weight is 367 g/mol. The number of ether oxygens (including phenoxy) is 1. The molecule has 26 heavy (non-hydrogen) atoms. The van der Waals surface area contributed by atoms with Gasteiger partial charge in [0.05, 0.1) is 24.2 Å². The van der Waals surface area contributed by atoms with Gasteiger partial charge in [-0.1, -0.05) is 30.0 Å². The Kier molecular flexibility index (Phi) is 4.95. The molecule has 2 heterocycles. The van der Waals surface area contributed by atoms with E-state index < -0.39 is 0 Å². The largest absolute Gasteiger partial charge is 0.378 e. The molecule has 0 saturated carbocycles. The van der Waals surface area contributed by atoms with Crippen molar-refractivity contribution in [1.29, 1.82) is 0 Å². The molecule has 3 aromatic rings. The standard InChI is InChI=1S/C20H21N3O2S/c1-14-2-7-17-18(12-14)22-20(21-17)26-13-15-3-5-16(6-4-15)19(24)23-8-10-25-11-9-23/h2-7,12H,8-11,13H2,1H3,(H,21,22). The number of carbonyl (C=O) groups excluding carboxylic acids is 1. The zero-order valence-corrected chi connectivity index (χ0v) is 15.5. The van der Waals surface area contributed by atoms with Crippen LogP contribution in [0, 0.1) is 6.92 Å². The fourth-order valence-electron chi connectivity index (χ4n) is 3.01. The summed E-state index contributed by atoms with van der Waals surface area (Å²) >= 11 is 1.67. The number of nitrogens with one attached hydrogen (secondary N) is 1. The summed E-state index contributed by atoms with van der Waals surface area (Å²) < 4.78 is 5.30. The summed E-state index contributed by atoms with van der Waals surface area (Å²) in [5.74, 6) is 0.894. The van der Waals surface area contributed by atoms with Gasteiger partial charge >= 0.3 is 0 Å². The Morgan fingerprint density at radius 1 is 1.19 bits per heavy atom. The van der Waals surface area contributed by atoms with E-state index in [0.717, 1.165) is 27.5 Å². The fraction of sp³-hybridized carbons (Fsp3) is 0.300. The number of morpholine rings is 1. The van der Waals surface area contributed by atoms with Crippen molar-refractivity contribution < 1.29 is 9.53 Å². The molecule has 0 radical (unpaired) electrons. The molecule has 1 fully saturated rings. The van der Waals surface area contributed by atoms with Crippen LogP contribution in [0.5, 0.6) is 0 Å². The number of hydrogen-bond donors (Lipinski definition) is 1. The number of thioether (sulfide) groups is 1. The van der Waals surface area contributed by atoms with Crippen molar-refractivity contribution in [2.24, 2.45) is 0 Å². The quantitative estimate of drug-likeness (QED) is 0.716. The lowest BCUT2D eigenvalue weighted by atomic mass is 10.1. The van der Waals surface area contributed by atoms with Crippen molar-refractivity contribution in [3.8, 4) is 0 Å². The number of benzene rings is 2. The van der Waals surface area contributed by atoms with Crippen LogP contribution in [0.15, 0.2) is 47.6 Å². The van der Waals surface area contributed by atoms with Gasteiger partial charge in [-0.25, -0.2) is 4.98 Å². The van der Waals surface area contributed by atoms with Crippen LogP contribution in [-0.4, -0.2) is 47.1 Å². The van der Waals surface area contributed by atoms with Crippen LogP contribution >= 0.6 is 11.8 Å². The molecular weight excluding hydrogens is 346 g/mol. The number of amides is 1. The molecule has 0 aliphatic carbocycles. The van der Waals surface area contributed by atoms with Crippen LogP contribution in [-0.2, 0) is 10.5 Å². The molecule has 5 nitrogen and oxygen atoms in total. The lowest BCUT2D eigenvalue weighted by molar-refractivity contribution is 0.0303. The molecule has 1 aromatic heterocycles. The van der Waals surface area contributed by atoms with Crippen molar-refractivity contribution in [2.45, 2.75) is 17.8 Å². The first-order valence-corrected chi connectivity index (χ1v) is 9.73. The van der Waals surface area contributed by atoms with Gasteiger partial charge in [0.15, 0.2) is 5.16 Å². The summed E-state index contributed by atoms with van der Waals surface area (Å²) in [4.78, 5) is 22.3. The molecule has 0 unspecified atom stereocenters. The van der Waals surface area contributed by atoms with Crippen molar-refractivity contribution in [1.82, 2.24) is 14.9 Å². The number of hydrogen-bond acceptors (Lipinski definition) is 4. The first-order valence-electron chi connectivity index (χ1n) is 8.74. The van der Waals surface area contributed by atoms with Gasteiger partial charge in [-0.05, 0) is 42.3 Å². The van der Waals surface area contributed by atoms with E-state index in [1.807, 2.05) is 35.2 Å². The Morgan fingerprint density at radius 2 is 1.96 bits per heavy atom. The van der Waals surface area contributed by atoms with Crippen molar-refractivity contribution in [3.63, 3.8) is 0 Å². The Balaban J connectivity index is 1.39. The molecule has 0 bridgehead atoms. The van der Waals surface area contributed by atoms with E-state index in [1.165, 1.54) is 11.1 Å². The second kappa shape index (κ2) is 7.51. The van der Waals surface area contributed by atoms with Gasteiger partial charge in [-0.2, -0.15) is 0 Å². The highest BCUT2D eigenvalue weighted by Crippen LogP contribution is 2.24. The highest BCUT2D eigenvalue weighted by molar-refractivity contribution is 7.98. The second-order valence-corrected chi connectivity index (χ2v) is 7.42. The topological polar surface area (TPSA) is 58.2 Å². The van der Waals surface area contributed by atoms with Crippen LogP contribution in [0.3, 0.4) is 0 Å². The minimum atomic E-state index is 0.0835. The molecule has 6 heteroatoms. The minimum Gasteiger partial charge on any atom is -0.378 e. The highest BCUT2D eigenvalue weighted by Gasteiger charge is 2.18. The van der Waals surface area contributed by atoms with Gasteiger partial charge in [0.1, 0.15) is 0 Å². The van der Waals surface area contributed by atoms with Gasteiger partial charge in [-0.3, -0.25) is 4.79 Å². The third-order valence-electron chi connectivity index (χ3n) is 4.49. The lowest BCUT2D eigenvalue weighted by Crippen LogP contribution is -2.40.